The number of hydrogen-bond acceptors (Lipinski definition) is 1. The Labute approximate surface area is 116 Å². The van der Waals surface area contributed by atoms with Gasteiger partial charge in [-0.2, -0.15) is 0 Å². The van der Waals surface area contributed by atoms with Gasteiger partial charge < -0.3 is 0 Å². The minimum absolute atomic E-state index is 0.196. The van der Waals surface area contributed by atoms with Gasteiger partial charge in [-0.3, -0.25) is 4.99 Å². The van der Waals surface area contributed by atoms with Crippen LogP contribution in [0.5, 0.6) is 0 Å². The van der Waals surface area contributed by atoms with Crippen LogP contribution >= 0.6 is 0 Å². The summed E-state index contributed by atoms with van der Waals surface area (Å²) in [6.07, 6.45) is 1.96. The van der Waals surface area contributed by atoms with Gasteiger partial charge in [-0.1, -0.05) is 53.6 Å². The van der Waals surface area contributed by atoms with E-state index in [4.69, 9.17) is 0 Å². The van der Waals surface area contributed by atoms with Gasteiger partial charge in [0.05, 0.1) is 6.04 Å². The Morgan fingerprint density at radius 3 is 2.16 bits per heavy atom. The molecule has 0 amide bonds. The molecule has 1 atom stereocenters. The first kappa shape index (κ1) is 13.5. The maximum atomic E-state index is 4.66. The lowest BCUT2D eigenvalue weighted by Crippen LogP contribution is -1.95. The van der Waals surface area contributed by atoms with Gasteiger partial charge in [-0.05, 0) is 44.4 Å². The summed E-state index contributed by atoms with van der Waals surface area (Å²) in [5.74, 6) is 0. The Hall–Kier alpha value is -1.89. The van der Waals surface area contributed by atoms with E-state index in [0.29, 0.717) is 0 Å². The summed E-state index contributed by atoms with van der Waals surface area (Å²) in [4.78, 5) is 4.66. The Balaban J connectivity index is 2.16. The van der Waals surface area contributed by atoms with Crippen molar-refractivity contribution < 1.29 is 0 Å². The van der Waals surface area contributed by atoms with E-state index >= 15 is 0 Å². The van der Waals surface area contributed by atoms with Crippen molar-refractivity contribution in [3.8, 4) is 0 Å². The number of hydrogen-bond donors (Lipinski definition) is 0. The number of nitrogens with zero attached hydrogens (tertiary/aromatic N) is 1. The number of rotatable bonds is 3. The standard InChI is InChI=1S/C18H21N/c1-13-5-8-17(9-6-13)12-19-16(4)18-10-7-14(2)11-15(18)3/h5-12,16H,1-4H3/b19-12-. The second-order valence-electron chi connectivity index (χ2n) is 5.22. The fourth-order valence-electron chi connectivity index (χ4n) is 2.23. The van der Waals surface area contributed by atoms with Crippen LogP contribution < -0.4 is 0 Å². The molecule has 0 saturated heterocycles. The normalized spacial score (nSPS) is 12.8. The minimum Gasteiger partial charge on any atom is -0.285 e. The van der Waals surface area contributed by atoms with Crippen molar-refractivity contribution in [1.82, 2.24) is 0 Å². The van der Waals surface area contributed by atoms with Gasteiger partial charge in [-0.15, -0.1) is 0 Å². The largest absolute Gasteiger partial charge is 0.285 e. The van der Waals surface area contributed by atoms with Crippen LogP contribution in [0.1, 0.15) is 40.8 Å². The third-order valence-corrected chi connectivity index (χ3v) is 3.40. The van der Waals surface area contributed by atoms with Gasteiger partial charge in [0.1, 0.15) is 0 Å². The van der Waals surface area contributed by atoms with Gasteiger partial charge in [0.15, 0.2) is 0 Å². The quantitative estimate of drug-likeness (QED) is 0.695. The van der Waals surface area contributed by atoms with Crippen molar-refractivity contribution in [3.05, 3.63) is 70.3 Å². The second-order valence-corrected chi connectivity index (χ2v) is 5.22. The average Bonchev–Trinajstić information content (AvgIpc) is 2.37. The molecule has 0 N–H and O–H groups in total. The predicted molar refractivity (Wildman–Crippen MR) is 83.1 cm³/mol. The molecule has 2 aromatic rings. The highest BCUT2D eigenvalue weighted by atomic mass is 14.8. The van der Waals surface area contributed by atoms with Crippen molar-refractivity contribution >= 4 is 6.21 Å². The highest BCUT2D eigenvalue weighted by Gasteiger charge is 2.05. The summed E-state index contributed by atoms with van der Waals surface area (Å²) in [5, 5.41) is 0. The van der Waals surface area contributed by atoms with E-state index < -0.39 is 0 Å². The zero-order valence-corrected chi connectivity index (χ0v) is 12.1. The van der Waals surface area contributed by atoms with E-state index in [0.717, 1.165) is 5.56 Å². The molecule has 2 aromatic carbocycles. The van der Waals surface area contributed by atoms with E-state index in [1.54, 1.807) is 0 Å². The molecule has 0 aliphatic heterocycles. The SMILES string of the molecule is Cc1ccc(/C=N\C(C)c2ccc(C)cc2C)cc1. The summed E-state index contributed by atoms with van der Waals surface area (Å²) in [6, 6.07) is 15.2. The lowest BCUT2D eigenvalue weighted by molar-refractivity contribution is 0.816. The summed E-state index contributed by atoms with van der Waals surface area (Å²) < 4.78 is 0. The van der Waals surface area contributed by atoms with E-state index in [1.807, 2.05) is 6.21 Å². The molecule has 98 valence electrons. The van der Waals surface area contributed by atoms with Crippen molar-refractivity contribution in [2.24, 2.45) is 4.99 Å². The van der Waals surface area contributed by atoms with E-state index in [2.05, 4.69) is 75.2 Å². The zero-order chi connectivity index (χ0) is 13.8. The van der Waals surface area contributed by atoms with Crippen LogP contribution in [-0.4, -0.2) is 6.21 Å². The molecule has 1 nitrogen and oxygen atoms in total. The molecular formula is C18H21N. The lowest BCUT2D eigenvalue weighted by atomic mass is 10.0. The van der Waals surface area contributed by atoms with Crippen molar-refractivity contribution in [3.63, 3.8) is 0 Å². The van der Waals surface area contributed by atoms with Crippen LogP contribution in [0.15, 0.2) is 47.5 Å². The average molecular weight is 251 g/mol. The smallest absolute Gasteiger partial charge is 0.0723 e. The van der Waals surface area contributed by atoms with Crippen molar-refractivity contribution in [2.75, 3.05) is 0 Å². The Kier molecular flexibility index (Phi) is 4.16. The van der Waals surface area contributed by atoms with Crippen LogP contribution in [0.25, 0.3) is 0 Å². The molecule has 0 heterocycles. The Bertz CT molecular complexity index is 579. The highest BCUT2D eigenvalue weighted by molar-refractivity contribution is 5.79. The first-order valence-corrected chi connectivity index (χ1v) is 6.73. The number of benzene rings is 2. The summed E-state index contributed by atoms with van der Waals surface area (Å²) in [6.45, 7) is 8.51. The van der Waals surface area contributed by atoms with Crippen LogP contribution in [-0.2, 0) is 0 Å². The summed E-state index contributed by atoms with van der Waals surface area (Å²) >= 11 is 0. The maximum absolute atomic E-state index is 4.66. The zero-order valence-electron chi connectivity index (χ0n) is 12.1. The molecule has 19 heavy (non-hydrogen) atoms. The van der Waals surface area contributed by atoms with E-state index in [-0.39, 0.29) is 6.04 Å². The van der Waals surface area contributed by atoms with Crippen LogP contribution in [0.2, 0.25) is 0 Å². The molecule has 0 aliphatic carbocycles. The van der Waals surface area contributed by atoms with Crippen molar-refractivity contribution in [1.29, 1.82) is 0 Å². The van der Waals surface area contributed by atoms with Crippen LogP contribution in [0.3, 0.4) is 0 Å². The van der Waals surface area contributed by atoms with Crippen LogP contribution in [0.4, 0.5) is 0 Å². The van der Waals surface area contributed by atoms with E-state index in [9.17, 15) is 0 Å². The molecule has 2 rings (SSSR count). The molecule has 0 aliphatic rings. The van der Waals surface area contributed by atoms with Gasteiger partial charge in [0, 0.05) is 6.21 Å². The molecule has 0 bridgehead atoms. The molecule has 0 spiro atoms. The first-order valence-electron chi connectivity index (χ1n) is 6.73. The van der Waals surface area contributed by atoms with Crippen LogP contribution in [0, 0.1) is 20.8 Å². The molecule has 0 saturated carbocycles. The summed E-state index contributed by atoms with van der Waals surface area (Å²) in [7, 11) is 0. The lowest BCUT2D eigenvalue weighted by Gasteiger charge is -2.11. The highest BCUT2D eigenvalue weighted by Crippen LogP contribution is 2.21. The molecule has 1 heteroatoms. The first-order chi connectivity index (χ1) is 9.06. The van der Waals surface area contributed by atoms with E-state index in [1.165, 1.54) is 22.3 Å². The number of aryl methyl sites for hydroxylation is 3. The fraction of sp³-hybridized carbons (Fsp3) is 0.278. The monoisotopic (exact) mass is 251 g/mol. The predicted octanol–water partition coefficient (Wildman–Crippen LogP) is 4.79. The fourth-order valence-corrected chi connectivity index (χ4v) is 2.23. The Morgan fingerprint density at radius 1 is 0.895 bits per heavy atom. The summed E-state index contributed by atoms with van der Waals surface area (Å²) in [5.41, 5.74) is 6.35. The molecule has 0 aromatic heterocycles. The molecular weight excluding hydrogens is 230 g/mol. The molecule has 0 fully saturated rings. The topological polar surface area (TPSA) is 12.4 Å². The van der Waals surface area contributed by atoms with Crippen molar-refractivity contribution in [2.45, 2.75) is 33.7 Å². The van der Waals surface area contributed by atoms with Gasteiger partial charge in [0.25, 0.3) is 0 Å². The van der Waals surface area contributed by atoms with Gasteiger partial charge in [0.2, 0.25) is 0 Å². The minimum atomic E-state index is 0.196. The third kappa shape index (κ3) is 3.54. The third-order valence-electron chi connectivity index (χ3n) is 3.40. The Morgan fingerprint density at radius 2 is 1.53 bits per heavy atom. The maximum Gasteiger partial charge on any atom is 0.0723 e. The van der Waals surface area contributed by atoms with Gasteiger partial charge in [-0.25, -0.2) is 0 Å². The number of aliphatic imine (C=N–C) groups is 1. The van der Waals surface area contributed by atoms with Gasteiger partial charge >= 0.3 is 0 Å². The molecule has 0 radical (unpaired) electrons. The molecule has 1 unspecified atom stereocenters. The second kappa shape index (κ2) is 5.83.